The highest BCUT2D eigenvalue weighted by atomic mass is 15.0. The minimum absolute atomic E-state index is 0.978. The van der Waals surface area contributed by atoms with Gasteiger partial charge in [-0.05, 0) is 82.4 Å². The van der Waals surface area contributed by atoms with Crippen LogP contribution in [0.1, 0.15) is 12.5 Å². The van der Waals surface area contributed by atoms with Crippen molar-refractivity contribution < 1.29 is 0 Å². The Bertz CT molecular complexity index is 2210. The normalized spacial score (nSPS) is 11.9. The number of hydrogen-bond donors (Lipinski definition) is 0. The smallest absolute Gasteiger partial charge is 0.0701 e. The van der Waals surface area contributed by atoms with Crippen molar-refractivity contribution >= 4 is 38.2 Å². The zero-order valence-electron chi connectivity index (χ0n) is 24.0. The maximum atomic E-state index is 4.54. The predicted octanol–water partition coefficient (Wildman–Crippen LogP) is 11.0. The van der Waals surface area contributed by atoms with Crippen LogP contribution in [0.25, 0.3) is 66.2 Å². The largest absolute Gasteiger partial charge is 0.309 e. The van der Waals surface area contributed by atoms with Crippen LogP contribution in [0.15, 0.2) is 164 Å². The van der Waals surface area contributed by atoms with Crippen molar-refractivity contribution in [3.63, 3.8) is 0 Å². The molecule has 2 heterocycles. The zero-order chi connectivity index (χ0) is 29.2. The highest BCUT2D eigenvalue weighted by Crippen LogP contribution is 2.42. The molecular formula is C41H30N2. The van der Waals surface area contributed by atoms with Crippen LogP contribution in [-0.2, 0) is 0 Å². The second-order valence-corrected chi connectivity index (χ2v) is 10.7. The van der Waals surface area contributed by atoms with Crippen LogP contribution < -0.4 is 0 Å². The molecule has 5 aromatic carbocycles. The molecule has 0 spiro atoms. The topological polar surface area (TPSA) is 17.8 Å². The van der Waals surface area contributed by atoms with E-state index in [9.17, 15) is 0 Å². The molecule has 0 saturated carbocycles. The number of allylic oxidation sites excluding steroid dienone is 5. The van der Waals surface area contributed by atoms with E-state index in [4.69, 9.17) is 0 Å². The minimum atomic E-state index is 0.978. The molecule has 0 unspecified atom stereocenters. The van der Waals surface area contributed by atoms with E-state index in [-0.39, 0.29) is 0 Å². The Morgan fingerprint density at radius 1 is 0.698 bits per heavy atom. The van der Waals surface area contributed by atoms with Gasteiger partial charge in [0.2, 0.25) is 0 Å². The average molecular weight is 551 g/mol. The van der Waals surface area contributed by atoms with E-state index in [2.05, 4.69) is 144 Å². The lowest BCUT2D eigenvalue weighted by atomic mass is 9.94. The number of nitrogens with zero attached hydrogens (tertiary/aromatic N) is 2. The summed E-state index contributed by atoms with van der Waals surface area (Å²) >= 11 is 0. The monoisotopic (exact) mass is 550 g/mol. The molecular weight excluding hydrogens is 520 g/mol. The van der Waals surface area contributed by atoms with Crippen molar-refractivity contribution in [1.82, 2.24) is 9.55 Å². The Hall–Kier alpha value is -5.69. The standard InChI is InChI=1S/C41H30N2/c1-3-4-5-7-14-29(2)32-24-25-36-39(27-32)43(33-15-8-6-9-16-33)40-28-37(34-17-10-11-18-35(34)41(36)40)30-20-22-31(23-21-30)38-19-12-13-26-42-38/h4-28H,1H2,2H3/b7-5-,29-14+. The summed E-state index contributed by atoms with van der Waals surface area (Å²) in [6.07, 6.45) is 9.77. The van der Waals surface area contributed by atoms with Gasteiger partial charge in [0.1, 0.15) is 0 Å². The van der Waals surface area contributed by atoms with Gasteiger partial charge in [0.05, 0.1) is 16.7 Å². The van der Waals surface area contributed by atoms with Gasteiger partial charge >= 0.3 is 0 Å². The first-order chi connectivity index (χ1) is 21.2. The van der Waals surface area contributed by atoms with Gasteiger partial charge < -0.3 is 4.57 Å². The first-order valence-corrected chi connectivity index (χ1v) is 14.5. The number of fused-ring (bicyclic) bond motifs is 5. The molecule has 0 amide bonds. The summed E-state index contributed by atoms with van der Waals surface area (Å²) < 4.78 is 2.41. The second kappa shape index (κ2) is 11.3. The van der Waals surface area contributed by atoms with E-state index in [0.717, 1.165) is 16.9 Å². The molecule has 0 atom stereocenters. The Labute approximate surface area is 251 Å². The summed E-state index contributed by atoms with van der Waals surface area (Å²) in [5, 5.41) is 5.01. The third-order valence-corrected chi connectivity index (χ3v) is 8.07. The van der Waals surface area contributed by atoms with Crippen molar-refractivity contribution in [2.75, 3.05) is 0 Å². The van der Waals surface area contributed by atoms with E-state index < -0.39 is 0 Å². The lowest BCUT2D eigenvalue weighted by molar-refractivity contribution is 1.18. The van der Waals surface area contributed by atoms with Gasteiger partial charge in [-0.2, -0.15) is 0 Å². The zero-order valence-corrected chi connectivity index (χ0v) is 24.0. The fraction of sp³-hybridized carbons (Fsp3) is 0.0244. The summed E-state index contributed by atoms with van der Waals surface area (Å²) in [6, 6.07) is 43.5. The van der Waals surface area contributed by atoms with Gasteiger partial charge in [-0.1, -0.05) is 110 Å². The number of para-hydroxylation sites is 1. The molecule has 0 radical (unpaired) electrons. The number of pyridine rings is 1. The van der Waals surface area contributed by atoms with Gasteiger partial charge in [-0.15, -0.1) is 5.73 Å². The molecule has 0 aliphatic heterocycles. The fourth-order valence-electron chi connectivity index (χ4n) is 5.99. The molecule has 0 saturated heterocycles. The Morgan fingerprint density at radius 3 is 2.21 bits per heavy atom. The molecule has 204 valence electrons. The third kappa shape index (κ3) is 4.81. The summed E-state index contributed by atoms with van der Waals surface area (Å²) in [5.74, 6) is 0. The van der Waals surface area contributed by atoms with Crippen LogP contribution >= 0.6 is 0 Å². The first-order valence-electron chi connectivity index (χ1n) is 14.5. The molecule has 2 aromatic heterocycles. The molecule has 2 heteroatoms. The lowest BCUT2D eigenvalue weighted by Gasteiger charge is -2.13. The van der Waals surface area contributed by atoms with Crippen molar-refractivity contribution in [3.8, 4) is 28.1 Å². The van der Waals surface area contributed by atoms with Crippen LogP contribution in [0, 0.1) is 0 Å². The number of benzene rings is 5. The summed E-state index contributed by atoms with van der Waals surface area (Å²) in [6.45, 7) is 5.79. The van der Waals surface area contributed by atoms with Crippen molar-refractivity contribution in [2.24, 2.45) is 0 Å². The summed E-state index contributed by atoms with van der Waals surface area (Å²) in [7, 11) is 0. The average Bonchev–Trinajstić information content (AvgIpc) is 3.41. The van der Waals surface area contributed by atoms with E-state index >= 15 is 0 Å². The highest BCUT2D eigenvalue weighted by Gasteiger charge is 2.18. The number of hydrogen-bond acceptors (Lipinski definition) is 1. The molecule has 0 aliphatic carbocycles. The maximum absolute atomic E-state index is 4.54. The molecule has 43 heavy (non-hydrogen) atoms. The maximum Gasteiger partial charge on any atom is 0.0701 e. The molecule has 0 fully saturated rings. The van der Waals surface area contributed by atoms with Crippen LogP contribution in [0.5, 0.6) is 0 Å². The lowest BCUT2D eigenvalue weighted by Crippen LogP contribution is -1.94. The quantitative estimate of drug-likeness (QED) is 0.149. The van der Waals surface area contributed by atoms with E-state index in [1.165, 1.54) is 54.8 Å². The Kier molecular flexibility index (Phi) is 6.89. The van der Waals surface area contributed by atoms with Gasteiger partial charge in [0, 0.05) is 28.2 Å². The first kappa shape index (κ1) is 26.2. The van der Waals surface area contributed by atoms with Gasteiger partial charge in [0.15, 0.2) is 0 Å². The predicted molar refractivity (Wildman–Crippen MR) is 183 cm³/mol. The van der Waals surface area contributed by atoms with Crippen LogP contribution in [0.2, 0.25) is 0 Å². The minimum Gasteiger partial charge on any atom is -0.309 e. The van der Waals surface area contributed by atoms with Gasteiger partial charge in [0.25, 0.3) is 0 Å². The molecule has 0 N–H and O–H groups in total. The van der Waals surface area contributed by atoms with Crippen LogP contribution in [-0.4, -0.2) is 9.55 Å². The van der Waals surface area contributed by atoms with Crippen molar-refractivity contribution in [3.05, 3.63) is 170 Å². The number of aromatic nitrogens is 2. The number of rotatable bonds is 6. The second-order valence-electron chi connectivity index (χ2n) is 10.7. The Balaban J connectivity index is 1.50. The molecule has 2 nitrogen and oxygen atoms in total. The molecule has 0 bridgehead atoms. The highest BCUT2D eigenvalue weighted by molar-refractivity contribution is 6.24. The molecule has 7 rings (SSSR count). The summed E-state index contributed by atoms with van der Waals surface area (Å²) in [5.41, 5.74) is 13.2. The van der Waals surface area contributed by atoms with Crippen molar-refractivity contribution in [1.29, 1.82) is 0 Å². The van der Waals surface area contributed by atoms with Gasteiger partial charge in [-0.25, -0.2) is 0 Å². The van der Waals surface area contributed by atoms with Crippen LogP contribution in [0.3, 0.4) is 0 Å². The van der Waals surface area contributed by atoms with Crippen molar-refractivity contribution in [2.45, 2.75) is 6.92 Å². The summed E-state index contributed by atoms with van der Waals surface area (Å²) in [4.78, 5) is 4.54. The Morgan fingerprint density at radius 2 is 1.44 bits per heavy atom. The SMILES string of the molecule is C=C=C/C=C\C=C(/C)c1ccc2c3c4ccccc4c(-c4ccc(-c5ccccn5)cc4)cc3n(-c3ccccc3)c2c1. The molecule has 0 aliphatic rings. The fourth-order valence-corrected chi connectivity index (χ4v) is 5.99. The molecule has 7 aromatic rings. The van der Waals surface area contributed by atoms with Gasteiger partial charge in [-0.3, -0.25) is 4.98 Å². The third-order valence-electron chi connectivity index (χ3n) is 8.07. The van der Waals surface area contributed by atoms with E-state index in [1.54, 1.807) is 0 Å². The van der Waals surface area contributed by atoms with E-state index in [1.807, 2.05) is 36.6 Å². The van der Waals surface area contributed by atoms with Crippen LogP contribution in [0.4, 0.5) is 0 Å². The van der Waals surface area contributed by atoms with E-state index in [0.29, 0.717) is 0 Å².